The maximum atomic E-state index is 4.50. The number of hydrogen-bond acceptors (Lipinski definition) is 1. The van der Waals surface area contributed by atoms with Gasteiger partial charge in [-0.3, -0.25) is 4.68 Å². The van der Waals surface area contributed by atoms with Crippen LogP contribution < -0.4 is 0 Å². The van der Waals surface area contributed by atoms with E-state index in [0.717, 1.165) is 10.2 Å². The van der Waals surface area contributed by atoms with Crippen molar-refractivity contribution in [3.05, 3.63) is 15.9 Å². The average Bonchev–Trinajstić information content (AvgIpc) is 2.33. The highest BCUT2D eigenvalue weighted by Gasteiger charge is 2.12. The van der Waals surface area contributed by atoms with Gasteiger partial charge in [-0.05, 0) is 43.1 Å². The lowest BCUT2D eigenvalue weighted by molar-refractivity contribution is 0.444. The van der Waals surface area contributed by atoms with E-state index < -0.39 is 0 Å². The minimum absolute atomic E-state index is 0.509. The molecular weight excluding hydrogens is 228 g/mol. The van der Waals surface area contributed by atoms with Crippen LogP contribution in [0, 0.1) is 13.8 Å². The number of hydrogen-bond donors (Lipinski definition) is 0. The Bertz CT molecular complexity index is 291. The van der Waals surface area contributed by atoms with Crippen molar-refractivity contribution < 1.29 is 0 Å². The summed E-state index contributed by atoms with van der Waals surface area (Å²) in [6.07, 6.45) is 2.39. The monoisotopic (exact) mass is 244 g/mol. The van der Waals surface area contributed by atoms with E-state index in [0.29, 0.717) is 6.04 Å². The molecule has 3 heteroatoms. The van der Waals surface area contributed by atoms with E-state index in [1.165, 1.54) is 18.5 Å². The van der Waals surface area contributed by atoms with Crippen LogP contribution in [0.4, 0.5) is 0 Å². The molecule has 0 aromatic carbocycles. The van der Waals surface area contributed by atoms with Crippen LogP contribution in [0.3, 0.4) is 0 Å². The molecule has 0 saturated carbocycles. The van der Waals surface area contributed by atoms with Crippen LogP contribution in [-0.4, -0.2) is 9.78 Å². The highest BCUT2D eigenvalue weighted by molar-refractivity contribution is 9.10. The van der Waals surface area contributed by atoms with Crippen LogP contribution in [0.1, 0.15) is 44.1 Å². The summed E-state index contributed by atoms with van der Waals surface area (Å²) < 4.78 is 3.26. The van der Waals surface area contributed by atoms with Crippen molar-refractivity contribution >= 4 is 15.9 Å². The van der Waals surface area contributed by atoms with Crippen molar-refractivity contribution in [2.24, 2.45) is 0 Å². The predicted octanol–water partition coefficient (Wildman–Crippen LogP) is 3.62. The Labute approximate surface area is 88.5 Å². The van der Waals surface area contributed by atoms with Gasteiger partial charge < -0.3 is 0 Å². The molecule has 0 N–H and O–H groups in total. The summed E-state index contributed by atoms with van der Waals surface area (Å²) in [7, 11) is 0. The van der Waals surface area contributed by atoms with Gasteiger partial charge in [0.05, 0.1) is 15.9 Å². The van der Waals surface area contributed by atoms with E-state index >= 15 is 0 Å². The fraction of sp³-hybridized carbons (Fsp3) is 0.700. The van der Waals surface area contributed by atoms with Gasteiger partial charge in [-0.2, -0.15) is 5.10 Å². The molecule has 0 aliphatic carbocycles. The second kappa shape index (κ2) is 4.27. The molecule has 0 saturated heterocycles. The van der Waals surface area contributed by atoms with Gasteiger partial charge in [0.2, 0.25) is 0 Å². The van der Waals surface area contributed by atoms with Crippen molar-refractivity contribution in [2.45, 2.75) is 46.6 Å². The maximum absolute atomic E-state index is 4.50. The topological polar surface area (TPSA) is 17.8 Å². The van der Waals surface area contributed by atoms with Gasteiger partial charge in [0.15, 0.2) is 0 Å². The number of aryl methyl sites for hydroxylation is 1. The first-order chi connectivity index (χ1) is 6.07. The smallest absolute Gasteiger partial charge is 0.0738 e. The summed E-state index contributed by atoms with van der Waals surface area (Å²) in [6.45, 7) is 8.56. The van der Waals surface area contributed by atoms with Crippen LogP contribution in [0.5, 0.6) is 0 Å². The Hall–Kier alpha value is -0.310. The van der Waals surface area contributed by atoms with E-state index in [9.17, 15) is 0 Å². The number of nitrogens with zero attached hydrogens (tertiary/aromatic N) is 2. The minimum Gasteiger partial charge on any atom is -0.266 e. The van der Waals surface area contributed by atoms with Crippen molar-refractivity contribution in [2.75, 3.05) is 0 Å². The molecule has 2 nitrogen and oxygen atoms in total. The minimum atomic E-state index is 0.509. The molecular formula is C10H17BrN2. The lowest BCUT2D eigenvalue weighted by Gasteiger charge is -2.12. The third kappa shape index (κ3) is 2.13. The molecule has 0 bridgehead atoms. The van der Waals surface area contributed by atoms with Gasteiger partial charge in [0.25, 0.3) is 0 Å². The van der Waals surface area contributed by atoms with Crippen molar-refractivity contribution in [3.63, 3.8) is 0 Å². The highest BCUT2D eigenvalue weighted by Crippen LogP contribution is 2.24. The summed E-state index contributed by atoms with van der Waals surface area (Å²) in [5.74, 6) is 0. The lowest BCUT2D eigenvalue weighted by atomic mass is 10.2. The third-order valence-corrected chi connectivity index (χ3v) is 3.51. The van der Waals surface area contributed by atoms with Gasteiger partial charge in [-0.25, -0.2) is 0 Å². The zero-order valence-electron chi connectivity index (χ0n) is 8.76. The first kappa shape index (κ1) is 10.8. The standard InChI is InChI=1S/C10H17BrN2/c1-5-6-7(2)13-9(4)10(11)8(3)12-13/h7H,5-6H2,1-4H3. The summed E-state index contributed by atoms with van der Waals surface area (Å²) in [6, 6.07) is 0.509. The van der Waals surface area contributed by atoms with Gasteiger partial charge in [-0.15, -0.1) is 0 Å². The SMILES string of the molecule is CCCC(C)n1nc(C)c(Br)c1C. The maximum Gasteiger partial charge on any atom is 0.0738 e. The van der Waals surface area contributed by atoms with E-state index in [4.69, 9.17) is 0 Å². The van der Waals surface area contributed by atoms with Gasteiger partial charge in [0, 0.05) is 6.04 Å². The second-order valence-electron chi connectivity index (χ2n) is 3.57. The molecule has 0 fully saturated rings. The Kier molecular flexibility index (Phi) is 3.54. The van der Waals surface area contributed by atoms with E-state index in [2.05, 4.69) is 46.5 Å². The molecule has 1 atom stereocenters. The first-order valence-electron chi connectivity index (χ1n) is 4.79. The molecule has 74 valence electrons. The lowest BCUT2D eigenvalue weighted by Crippen LogP contribution is -2.08. The van der Waals surface area contributed by atoms with Crippen molar-refractivity contribution in [3.8, 4) is 0 Å². The normalized spacial score (nSPS) is 13.3. The van der Waals surface area contributed by atoms with Crippen molar-refractivity contribution in [1.29, 1.82) is 0 Å². The van der Waals surface area contributed by atoms with E-state index in [-0.39, 0.29) is 0 Å². The van der Waals surface area contributed by atoms with Crippen LogP contribution in [0.15, 0.2) is 4.47 Å². The van der Waals surface area contributed by atoms with Gasteiger partial charge in [0.1, 0.15) is 0 Å². The average molecular weight is 245 g/mol. The van der Waals surface area contributed by atoms with E-state index in [1.807, 2.05) is 6.92 Å². The molecule has 0 amide bonds. The molecule has 0 spiro atoms. The fourth-order valence-electron chi connectivity index (χ4n) is 1.61. The Morgan fingerprint density at radius 3 is 2.46 bits per heavy atom. The number of rotatable bonds is 3. The number of aromatic nitrogens is 2. The van der Waals surface area contributed by atoms with E-state index in [1.54, 1.807) is 0 Å². The summed E-state index contributed by atoms with van der Waals surface area (Å²) >= 11 is 3.54. The Morgan fingerprint density at radius 2 is 2.08 bits per heavy atom. The number of halogens is 1. The zero-order valence-corrected chi connectivity index (χ0v) is 10.3. The molecule has 0 aliphatic heterocycles. The third-order valence-electron chi connectivity index (χ3n) is 2.36. The molecule has 1 unspecified atom stereocenters. The summed E-state index contributed by atoms with van der Waals surface area (Å²) in [4.78, 5) is 0. The summed E-state index contributed by atoms with van der Waals surface area (Å²) in [5.41, 5.74) is 2.32. The first-order valence-corrected chi connectivity index (χ1v) is 5.58. The van der Waals surface area contributed by atoms with Crippen LogP contribution in [0.25, 0.3) is 0 Å². The van der Waals surface area contributed by atoms with Crippen LogP contribution in [-0.2, 0) is 0 Å². The van der Waals surface area contributed by atoms with Crippen molar-refractivity contribution in [1.82, 2.24) is 9.78 Å². The van der Waals surface area contributed by atoms with Gasteiger partial charge >= 0.3 is 0 Å². The summed E-state index contributed by atoms with van der Waals surface area (Å²) in [5, 5.41) is 4.50. The zero-order chi connectivity index (χ0) is 10.0. The molecule has 1 heterocycles. The predicted molar refractivity (Wildman–Crippen MR) is 59.0 cm³/mol. The molecule has 1 aromatic rings. The highest BCUT2D eigenvalue weighted by atomic mass is 79.9. The fourth-order valence-corrected chi connectivity index (χ4v) is 1.87. The Balaban J connectivity index is 2.94. The quantitative estimate of drug-likeness (QED) is 0.795. The van der Waals surface area contributed by atoms with Gasteiger partial charge in [-0.1, -0.05) is 13.3 Å². The van der Waals surface area contributed by atoms with Crippen LogP contribution in [0.2, 0.25) is 0 Å². The Morgan fingerprint density at radius 1 is 1.46 bits per heavy atom. The second-order valence-corrected chi connectivity index (χ2v) is 4.36. The molecule has 1 aromatic heterocycles. The molecule has 0 radical (unpaired) electrons. The molecule has 13 heavy (non-hydrogen) atoms. The molecule has 1 rings (SSSR count). The largest absolute Gasteiger partial charge is 0.266 e. The molecule has 0 aliphatic rings. The van der Waals surface area contributed by atoms with Crippen LogP contribution >= 0.6 is 15.9 Å².